The smallest absolute Gasteiger partial charge is 0.231 e. The lowest BCUT2D eigenvalue weighted by Crippen LogP contribution is -2.54. The number of aromatic nitrogens is 2. The van der Waals surface area contributed by atoms with Crippen molar-refractivity contribution in [2.24, 2.45) is 5.92 Å². The fraction of sp³-hybridized carbons (Fsp3) is 0.800. The molecule has 0 spiro atoms. The Morgan fingerprint density at radius 3 is 2.93 bits per heavy atom. The van der Waals surface area contributed by atoms with Crippen LogP contribution in [0.5, 0.6) is 0 Å². The Balaban J connectivity index is 1.88. The predicted octanol–water partition coefficient (Wildman–Crippen LogP) is 0.158. The Morgan fingerprint density at radius 1 is 1.47 bits per heavy atom. The molecule has 3 fully saturated rings. The zero-order valence-corrected chi connectivity index (χ0v) is 8.76. The Bertz CT molecular complexity index is 365. The molecule has 3 saturated heterocycles. The molecule has 5 heteroatoms. The number of aryl methyl sites for hydroxylation is 1. The minimum absolute atomic E-state index is 0.226. The van der Waals surface area contributed by atoms with E-state index in [0.717, 1.165) is 26.1 Å². The second-order valence-electron chi connectivity index (χ2n) is 4.57. The second-order valence-corrected chi connectivity index (χ2v) is 4.57. The fourth-order valence-corrected chi connectivity index (χ4v) is 2.79. The van der Waals surface area contributed by atoms with Crippen LogP contribution in [0.2, 0.25) is 0 Å². The molecule has 4 heterocycles. The van der Waals surface area contributed by atoms with Gasteiger partial charge in [-0.25, -0.2) is 0 Å². The Kier molecular flexibility index (Phi) is 2.03. The number of rotatable bonds is 1. The summed E-state index contributed by atoms with van der Waals surface area (Å²) in [7, 11) is 0. The molecule has 1 N–H and O–H groups in total. The van der Waals surface area contributed by atoms with Crippen molar-refractivity contribution < 1.29 is 9.63 Å². The molecule has 15 heavy (non-hydrogen) atoms. The van der Waals surface area contributed by atoms with Crippen LogP contribution in [-0.4, -0.2) is 45.9 Å². The second kappa shape index (κ2) is 3.28. The molecule has 0 saturated carbocycles. The molecule has 0 radical (unpaired) electrons. The van der Waals surface area contributed by atoms with Gasteiger partial charge in [0.2, 0.25) is 5.89 Å². The van der Waals surface area contributed by atoms with Gasteiger partial charge in [0.15, 0.2) is 5.82 Å². The van der Waals surface area contributed by atoms with Crippen LogP contribution in [0, 0.1) is 12.8 Å². The van der Waals surface area contributed by atoms with Gasteiger partial charge in [-0.1, -0.05) is 5.16 Å². The number of hydrogen-bond donors (Lipinski definition) is 1. The number of piperidine rings is 3. The zero-order chi connectivity index (χ0) is 10.4. The summed E-state index contributed by atoms with van der Waals surface area (Å²) in [5.41, 5.74) is 0. The van der Waals surface area contributed by atoms with E-state index >= 15 is 0 Å². The average Bonchev–Trinajstić information content (AvgIpc) is 2.65. The molecule has 5 nitrogen and oxygen atoms in total. The third kappa shape index (κ3) is 1.46. The highest BCUT2D eigenvalue weighted by Crippen LogP contribution is 2.38. The van der Waals surface area contributed by atoms with Crippen LogP contribution >= 0.6 is 0 Å². The molecule has 1 aromatic rings. The first-order valence-electron chi connectivity index (χ1n) is 5.44. The van der Waals surface area contributed by atoms with E-state index in [1.165, 1.54) is 0 Å². The van der Waals surface area contributed by atoms with Gasteiger partial charge in [0.25, 0.3) is 0 Å². The summed E-state index contributed by atoms with van der Waals surface area (Å²) in [6.07, 6.45) is 0.803. The highest BCUT2D eigenvalue weighted by atomic mass is 16.5. The van der Waals surface area contributed by atoms with E-state index < -0.39 is 0 Å². The molecule has 3 aliphatic heterocycles. The van der Waals surface area contributed by atoms with Crippen LogP contribution in [-0.2, 0) is 0 Å². The topological polar surface area (TPSA) is 62.4 Å². The minimum Gasteiger partial charge on any atom is -0.391 e. The number of hydrogen-bond acceptors (Lipinski definition) is 5. The lowest BCUT2D eigenvalue weighted by Gasteiger charge is -2.46. The largest absolute Gasteiger partial charge is 0.391 e. The van der Waals surface area contributed by atoms with Crippen molar-refractivity contribution >= 4 is 0 Å². The van der Waals surface area contributed by atoms with Gasteiger partial charge in [0.1, 0.15) is 0 Å². The number of aliphatic hydroxyl groups is 1. The summed E-state index contributed by atoms with van der Waals surface area (Å²) in [5, 5.41) is 13.7. The van der Waals surface area contributed by atoms with Crippen molar-refractivity contribution in [3.63, 3.8) is 0 Å². The zero-order valence-electron chi connectivity index (χ0n) is 8.76. The number of aliphatic hydroxyl groups excluding tert-OH is 1. The van der Waals surface area contributed by atoms with E-state index in [9.17, 15) is 5.11 Å². The van der Waals surface area contributed by atoms with Gasteiger partial charge in [-0.3, -0.25) is 4.90 Å². The summed E-state index contributed by atoms with van der Waals surface area (Å²) in [5.74, 6) is 1.90. The van der Waals surface area contributed by atoms with Gasteiger partial charge >= 0.3 is 0 Å². The monoisotopic (exact) mass is 209 g/mol. The average molecular weight is 209 g/mol. The van der Waals surface area contributed by atoms with E-state index in [1.807, 2.05) is 6.92 Å². The molecular weight excluding hydrogens is 194 g/mol. The molecule has 4 atom stereocenters. The molecule has 0 aliphatic carbocycles. The first kappa shape index (κ1) is 9.30. The molecular formula is C10H15N3O2. The van der Waals surface area contributed by atoms with Crippen molar-refractivity contribution in [1.29, 1.82) is 0 Å². The maximum absolute atomic E-state index is 9.91. The lowest BCUT2D eigenvalue weighted by atomic mass is 9.77. The SMILES string of the molecule is Cc1noc(C2CN3CCC2C(O)C3)n1. The van der Waals surface area contributed by atoms with Gasteiger partial charge in [0, 0.05) is 19.0 Å². The normalized spacial score (nSPS) is 39.6. The van der Waals surface area contributed by atoms with Crippen LogP contribution in [0.25, 0.3) is 0 Å². The van der Waals surface area contributed by atoms with Crippen LogP contribution in [0.1, 0.15) is 24.1 Å². The summed E-state index contributed by atoms with van der Waals surface area (Å²) in [6, 6.07) is 0. The molecule has 1 aromatic heterocycles. The Hall–Kier alpha value is -0.940. The maximum atomic E-state index is 9.91. The van der Waals surface area contributed by atoms with E-state index in [4.69, 9.17) is 4.52 Å². The highest BCUT2D eigenvalue weighted by Gasteiger charge is 2.43. The van der Waals surface area contributed by atoms with Gasteiger partial charge in [-0.2, -0.15) is 4.98 Å². The van der Waals surface area contributed by atoms with Gasteiger partial charge < -0.3 is 9.63 Å². The van der Waals surface area contributed by atoms with Gasteiger partial charge in [0.05, 0.1) is 12.0 Å². The lowest BCUT2D eigenvalue weighted by molar-refractivity contribution is -0.0437. The summed E-state index contributed by atoms with van der Waals surface area (Å²) in [6.45, 7) is 4.66. The summed E-state index contributed by atoms with van der Waals surface area (Å²) >= 11 is 0. The van der Waals surface area contributed by atoms with Gasteiger partial charge in [-0.15, -0.1) is 0 Å². The molecule has 4 rings (SSSR count). The number of fused-ring (bicyclic) bond motifs is 3. The van der Waals surface area contributed by atoms with E-state index in [-0.39, 0.29) is 12.0 Å². The van der Waals surface area contributed by atoms with Crippen molar-refractivity contribution in [3.8, 4) is 0 Å². The van der Waals surface area contributed by atoms with E-state index in [0.29, 0.717) is 17.6 Å². The Labute approximate surface area is 88.1 Å². The number of nitrogens with zero attached hydrogens (tertiary/aromatic N) is 3. The first-order chi connectivity index (χ1) is 7.24. The van der Waals surface area contributed by atoms with Crippen LogP contribution in [0.4, 0.5) is 0 Å². The van der Waals surface area contributed by atoms with Crippen molar-refractivity contribution in [1.82, 2.24) is 15.0 Å². The molecule has 2 bridgehead atoms. The van der Waals surface area contributed by atoms with Crippen LogP contribution < -0.4 is 0 Å². The summed E-state index contributed by atoms with van der Waals surface area (Å²) in [4.78, 5) is 6.54. The van der Waals surface area contributed by atoms with Crippen molar-refractivity contribution in [2.45, 2.75) is 25.4 Å². The molecule has 4 unspecified atom stereocenters. The minimum atomic E-state index is -0.232. The van der Waals surface area contributed by atoms with E-state index in [2.05, 4.69) is 15.0 Å². The summed E-state index contributed by atoms with van der Waals surface area (Å²) < 4.78 is 5.21. The van der Waals surface area contributed by atoms with Crippen LogP contribution in [0.15, 0.2) is 4.52 Å². The maximum Gasteiger partial charge on any atom is 0.231 e. The quantitative estimate of drug-likeness (QED) is 0.713. The van der Waals surface area contributed by atoms with Gasteiger partial charge in [-0.05, 0) is 19.9 Å². The fourth-order valence-electron chi connectivity index (χ4n) is 2.79. The first-order valence-corrected chi connectivity index (χ1v) is 5.44. The molecule has 0 aromatic carbocycles. The third-order valence-corrected chi connectivity index (χ3v) is 3.55. The van der Waals surface area contributed by atoms with E-state index in [1.54, 1.807) is 0 Å². The third-order valence-electron chi connectivity index (χ3n) is 3.55. The predicted molar refractivity (Wildman–Crippen MR) is 52.3 cm³/mol. The molecule has 0 amide bonds. The highest BCUT2D eigenvalue weighted by molar-refractivity contribution is 5.05. The standard InChI is InChI=1S/C10H15N3O2/c1-6-11-10(15-12-6)8-4-13-3-2-7(8)9(14)5-13/h7-9,14H,2-5H2,1H3. The van der Waals surface area contributed by atoms with Crippen molar-refractivity contribution in [2.75, 3.05) is 19.6 Å². The molecule has 82 valence electrons. The van der Waals surface area contributed by atoms with Crippen LogP contribution in [0.3, 0.4) is 0 Å². The Morgan fingerprint density at radius 2 is 2.33 bits per heavy atom. The van der Waals surface area contributed by atoms with Crippen molar-refractivity contribution in [3.05, 3.63) is 11.7 Å². The molecule has 3 aliphatic rings.